The van der Waals surface area contributed by atoms with Crippen molar-refractivity contribution >= 4 is 0 Å². The summed E-state index contributed by atoms with van der Waals surface area (Å²) in [6.45, 7) is 1.59. The monoisotopic (exact) mass is 211 g/mol. The Labute approximate surface area is 94.9 Å². The van der Waals surface area contributed by atoms with E-state index in [1.807, 2.05) is 12.3 Å². The van der Waals surface area contributed by atoms with E-state index in [0.29, 0.717) is 0 Å². The number of nitrogens with zero attached hydrogens (tertiary/aromatic N) is 1. The van der Waals surface area contributed by atoms with Crippen LogP contribution in [-0.2, 0) is 17.8 Å². The highest BCUT2D eigenvalue weighted by atomic mass is 16.5. The third kappa shape index (κ3) is 1.72. The molecule has 0 radical (unpaired) electrons. The van der Waals surface area contributed by atoms with Crippen LogP contribution >= 0.6 is 0 Å². The third-order valence-electron chi connectivity index (χ3n) is 2.97. The number of rotatable bonds is 1. The Morgan fingerprint density at radius 3 is 2.94 bits per heavy atom. The zero-order valence-corrected chi connectivity index (χ0v) is 9.02. The molecular formula is C14H13NO. The summed E-state index contributed by atoms with van der Waals surface area (Å²) in [4.78, 5) is 4.15. The summed E-state index contributed by atoms with van der Waals surface area (Å²) in [6, 6.07) is 10.6. The van der Waals surface area contributed by atoms with E-state index in [1.54, 1.807) is 6.20 Å². The summed E-state index contributed by atoms with van der Waals surface area (Å²) in [5.74, 6) is 0. The second-order valence-corrected chi connectivity index (χ2v) is 4.03. The van der Waals surface area contributed by atoms with Crippen LogP contribution in [0.15, 0.2) is 42.7 Å². The standard InChI is InChI=1S/C14H13NO/c1-2-13(9-15-6-1)11-3-4-14-10-16-7-5-12(14)8-11/h1-4,6,8-9H,5,7,10H2. The van der Waals surface area contributed by atoms with Gasteiger partial charge in [-0.15, -0.1) is 0 Å². The van der Waals surface area contributed by atoms with Gasteiger partial charge < -0.3 is 4.74 Å². The Balaban J connectivity index is 2.03. The molecule has 0 saturated carbocycles. The van der Waals surface area contributed by atoms with Crippen LogP contribution in [0.3, 0.4) is 0 Å². The third-order valence-corrected chi connectivity index (χ3v) is 2.97. The molecule has 2 heterocycles. The Kier molecular flexibility index (Phi) is 2.43. The van der Waals surface area contributed by atoms with Gasteiger partial charge in [-0.25, -0.2) is 0 Å². The quantitative estimate of drug-likeness (QED) is 0.723. The van der Waals surface area contributed by atoms with Crippen molar-refractivity contribution in [3.8, 4) is 11.1 Å². The van der Waals surface area contributed by atoms with Crippen LogP contribution < -0.4 is 0 Å². The lowest BCUT2D eigenvalue weighted by molar-refractivity contribution is 0.111. The fourth-order valence-corrected chi connectivity index (χ4v) is 2.08. The molecule has 0 unspecified atom stereocenters. The minimum absolute atomic E-state index is 0.753. The van der Waals surface area contributed by atoms with Crippen LogP contribution in [0.25, 0.3) is 11.1 Å². The summed E-state index contributed by atoms with van der Waals surface area (Å²) in [7, 11) is 0. The maximum Gasteiger partial charge on any atom is 0.0719 e. The molecule has 0 atom stereocenters. The van der Waals surface area contributed by atoms with Crippen LogP contribution in [-0.4, -0.2) is 11.6 Å². The predicted molar refractivity (Wildman–Crippen MR) is 63.0 cm³/mol. The molecule has 0 bridgehead atoms. The highest BCUT2D eigenvalue weighted by molar-refractivity contribution is 5.64. The first-order valence-electron chi connectivity index (χ1n) is 5.53. The van der Waals surface area contributed by atoms with Gasteiger partial charge in [-0.3, -0.25) is 4.98 Å². The van der Waals surface area contributed by atoms with E-state index in [4.69, 9.17) is 4.74 Å². The van der Waals surface area contributed by atoms with Gasteiger partial charge in [0.25, 0.3) is 0 Å². The molecule has 16 heavy (non-hydrogen) atoms. The molecule has 0 fully saturated rings. The summed E-state index contributed by atoms with van der Waals surface area (Å²) in [5, 5.41) is 0. The number of aromatic nitrogens is 1. The SMILES string of the molecule is c1cncc(-c2ccc3c(c2)CCOC3)c1. The van der Waals surface area contributed by atoms with Gasteiger partial charge in [0.05, 0.1) is 13.2 Å². The fourth-order valence-electron chi connectivity index (χ4n) is 2.08. The van der Waals surface area contributed by atoms with E-state index in [2.05, 4.69) is 29.2 Å². The molecule has 0 saturated heterocycles. The highest BCUT2D eigenvalue weighted by Crippen LogP contribution is 2.24. The smallest absolute Gasteiger partial charge is 0.0719 e. The summed E-state index contributed by atoms with van der Waals surface area (Å²) < 4.78 is 5.43. The van der Waals surface area contributed by atoms with Crippen LogP contribution in [0, 0.1) is 0 Å². The Morgan fingerprint density at radius 1 is 1.06 bits per heavy atom. The maximum atomic E-state index is 5.43. The van der Waals surface area contributed by atoms with Gasteiger partial charge in [-0.1, -0.05) is 24.3 Å². The molecule has 3 rings (SSSR count). The van der Waals surface area contributed by atoms with E-state index in [0.717, 1.165) is 19.6 Å². The second-order valence-electron chi connectivity index (χ2n) is 4.03. The molecule has 1 aromatic heterocycles. The fraction of sp³-hybridized carbons (Fsp3) is 0.214. The highest BCUT2D eigenvalue weighted by Gasteiger charge is 2.10. The van der Waals surface area contributed by atoms with E-state index < -0.39 is 0 Å². The molecule has 1 aromatic carbocycles. The lowest BCUT2D eigenvalue weighted by Crippen LogP contribution is -2.09. The number of ether oxygens (including phenoxy) is 1. The van der Waals surface area contributed by atoms with E-state index >= 15 is 0 Å². The van der Waals surface area contributed by atoms with Crippen LogP contribution in [0.5, 0.6) is 0 Å². The Morgan fingerprint density at radius 2 is 2.06 bits per heavy atom. The number of fused-ring (bicyclic) bond motifs is 1. The van der Waals surface area contributed by atoms with Crippen molar-refractivity contribution < 1.29 is 4.74 Å². The summed E-state index contributed by atoms with van der Waals surface area (Å²) in [6.07, 6.45) is 4.72. The molecule has 2 aromatic rings. The normalized spacial score (nSPS) is 14.5. The molecule has 2 nitrogen and oxygen atoms in total. The minimum Gasteiger partial charge on any atom is -0.376 e. The van der Waals surface area contributed by atoms with E-state index in [-0.39, 0.29) is 0 Å². The van der Waals surface area contributed by atoms with Crippen molar-refractivity contribution in [1.29, 1.82) is 0 Å². The zero-order chi connectivity index (χ0) is 10.8. The largest absolute Gasteiger partial charge is 0.376 e. The van der Waals surface area contributed by atoms with Gasteiger partial charge in [0.1, 0.15) is 0 Å². The van der Waals surface area contributed by atoms with Gasteiger partial charge in [0.15, 0.2) is 0 Å². The Hall–Kier alpha value is -1.67. The first-order chi connectivity index (χ1) is 7.93. The molecule has 1 aliphatic rings. The first kappa shape index (κ1) is 9.55. The molecule has 2 heteroatoms. The van der Waals surface area contributed by atoms with Crippen LogP contribution in [0.1, 0.15) is 11.1 Å². The topological polar surface area (TPSA) is 22.1 Å². The molecule has 1 aliphatic heterocycles. The maximum absolute atomic E-state index is 5.43. The number of pyridine rings is 1. The lowest BCUT2D eigenvalue weighted by Gasteiger charge is -2.17. The molecule has 0 N–H and O–H groups in total. The van der Waals surface area contributed by atoms with Crippen molar-refractivity contribution in [2.75, 3.05) is 6.61 Å². The van der Waals surface area contributed by atoms with Crippen LogP contribution in [0.2, 0.25) is 0 Å². The average Bonchev–Trinajstić information content (AvgIpc) is 2.39. The number of benzene rings is 1. The summed E-state index contributed by atoms with van der Waals surface area (Å²) in [5.41, 5.74) is 5.15. The molecule has 0 aliphatic carbocycles. The van der Waals surface area contributed by atoms with Gasteiger partial charge in [-0.2, -0.15) is 0 Å². The van der Waals surface area contributed by atoms with Crippen molar-refractivity contribution in [1.82, 2.24) is 4.98 Å². The first-order valence-corrected chi connectivity index (χ1v) is 5.53. The molecule has 0 amide bonds. The Bertz CT molecular complexity index is 493. The zero-order valence-electron chi connectivity index (χ0n) is 9.02. The van der Waals surface area contributed by atoms with Crippen molar-refractivity contribution in [2.24, 2.45) is 0 Å². The van der Waals surface area contributed by atoms with Crippen LogP contribution in [0.4, 0.5) is 0 Å². The van der Waals surface area contributed by atoms with Crippen molar-refractivity contribution in [2.45, 2.75) is 13.0 Å². The number of hydrogen-bond acceptors (Lipinski definition) is 2. The summed E-state index contributed by atoms with van der Waals surface area (Å²) >= 11 is 0. The lowest BCUT2D eigenvalue weighted by atomic mass is 9.97. The molecule has 80 valence electrons. The van der Waals surface area contributed by atoms with Gasteiger partial charge in [-0.05, 0) is 34.7 Å². The van der Waals surface area contributed by atoms with E-state index in [1.165, 1.54) is 22.3 Å². The predicted octanol–water partition coefficient (Wildman–Crippen LogP) is 2.82. The average molecular weight is 211 g/mol. The second kappa shape index (κ2) is 4.06. The molecular weight excluding hydrogens is 198 g/mol. The van der Waals surface area contributed by atoms with E-state index in [9.17, 15) is 0 Å². The minimum atomic E-state index is 0.753. The van der Waals surface area contributed by atoms with Crippen molar-refractivity contribution in [3.05, 3.63) is 53.9 Å². The van der Waals surface area contributed by atoms with Gasteiger partial charge >= 0.3 is 0 Å². The van der Waals surface area contributed by atoms with Gasteiger partial charge in [0.2, 0.25) is 0 Å². The van der Waals surface area contributed by atoms with Gasteiger partial charge in [0, 0.05) is 12.4 Å². The van der Waals surface area contributed by atoms with Crippen molar-refractivity contribution in [3.63, 3.8) is 0 Å². The molecule has 0 spiro atoms. The number of hydrogen-bond donors (Lipinski definition) is 0.